The van der Waals surface area contributed by atoms with E-state index in [4.69, 9.17) is 17.0 Å². The second-order valence-corrected chi connectivity index (χ2v) is 9.03. The van der Waals surface area contributed by atoms with Gasteiger partial charge in [-0.2, -0.15) is 0 Å². The summed E-state index contributed by atoms with van der Waals surface area (Å²) >= 11 is 8.87. The average molecular weight is 571 g/mol. The van der Waals surface area contributed by atoms with Crippen LogP contribution in [0, 0.1) is 5.82 Å². The molecule has 1 atom stereocenters. The zero-order valence-corrected chi connectivity index (χ0v) is 21.3. The third-order valence-electron chi connectivity index (χ3n) is 5.34. The van der Waals surface area contributed by atoms with Gasteiger partial charge in [0.05, 0.1) is 19.2 Å². The minimum absolute atomic E-state index is 0.0322. The van der Waals surface area contributed by atoms with Crippen LogP contribution in [0.25, 0.3) is 0 Å². The van der Waals surface area contributed by atoms with Crippen LogP contribution >= 0.6 is 28.1 Å². The number of methoxy groups -OCH3 is 1. The Bertz CT molecular complexity index is 1340. The number of nitrogens with one attached hydrogen (secondary N) is 2. The first-order chi connectivity index (χ1) is 17.3. The number of amides is 3. The quantitative estimate of drug-likeness (QED) is 0.412. The van der Waals surface area contributed by atoms with E-state index in [0.717, 1.165) is 15.5 Å². The maximum atomic E-state index is 13.7. The fraction of sp³-hybridized carbons (Fsp3) is 0.120. The molecule has 184 valence electrons. The molecule has 0 saturated carbocycles. The highest BCUT2D eigenvalue weighted by atomic mass is 79.9. The number of hydrazine groups is 1. The molecule has 1 fully saturated rings. The van der Waals surface area contributed by atoms with E-state index in [0.29, 0.717) is 17.1 Å². The number of hydrogen-bond donors (Lipinski definition) is 2. The van der Waals surface area contributed by atoms with Crippen LogP contribution in [-0.2, 0) is 9.59 Å². The number of ether oxygens (including phenoxy) is 1. The molecule has 0 bridgehead atoms. The van der Waals surface area contributed by atoms with Gasteiger partial charge in [0.15, 0.2) is 0 Å². The molecule has 11 heteroatoms. The number of halogens is 2. The number of rotatable bonds is 7. The summed E-state index contributed by atoms with van der Waals surface area (Å²) in [6.07, 6.45) is -0.304. The van der Waals surface area contributed by atoms with Gasteiger partial charge < -0.3 is 10.1 Å². The summed E-state index contributed by atoms with van der Waals surface area (Å²) in [5, 5.41) is 3.87. The summed E-state index contributed by atoms with van der Waals surface area (Å²) in [6, 6.07) is 17.5. The SMILES string of the molecule is COc1ccc(N2C(=O)C(CC(=O)Nc3cccc(Br)c3)N(NC(=O)c3cccc(F)c3)C2=S)cc1. The van der Waals surface area contributed by atoms with Crippen LogP contribution in [0.4, 0.5) is 15.8 Å². The lowest BCUT2D eigenvalue weighted by Crippen LogP contribution is -2.49. The standard InChI is InChI=1S/C25H20BrFN4O4S/c1-35-20-10-8-19(9-11-20)30-24(34)21(14-22(32)28-18-7-3-5-16(26)13-18)31(25(30)36)29-23(33)15-4-2-6-17(27)12-15/h2-13,21H,14H2,1H3,(H,28,32)(H,29,33). The Labute approximate surface area is 220 Å². The van der Waals surface area contributed by atoms with E-state index in [-0.39, 0.29) is 17.1 Å². The van der Waals surface area contributed by atoms with E-state index in [1.54, 1.807) is 42.5 Å². The van der Waals surface area contributed by atoms with Crippen molar-refractivity contribution >= 4 is 62.4 Å². The number of benzene rings is 3. The van der Waals surface area contributed by atoms with Crippen molar-refractivity contribution in [2.75, 3.05) is 17.3 Å². The number of thiocarbonyl (C=S) groups is 1. The summed E-state index contributed by atoms with van der Waals surface area (Å²) in [5.41, 5.74) is 3.57. The van der Waals surface area contributed by atoms with E-state index in [1.807, 2.05) is 6.07 Å². The van der Waals surface area contributed by atoms with E-state index in [9.17, 15) is 18.8 Å². The number of carbonyl (C=O) groups excluding carboxylic acids is 3. The fourth-order valence-electron chi connectivity index (χ4n) is 3.63. The topological polar surface area (TPSA) is 91.0 Å². The van der Waals surface area contributed by atoms with Gasteiger partial charge in [-0.15, -0.1) is 0 Å². The van der Waals surface area contributed by atoms with Crippen molar-refractivity contribution in [3.8, 4) is 5.75 Å². The second-order valence-electron chi connectivity index (χ2n) is 7.75. The molecule has 4 rings (SSSR count). The molecule has 3 aromatic carbocycles. The first-order valence-corrected chi connectivity index (χ1v) is 11.9. The Kier molecular flexibility index (Phi) is 7.61. The van der Waals surface area contributed by atoms with Crippen LogP contribution in [0.5, 0.6) is 5.75 Å². The number of hydrogen-bond acceptors (Lipinski definition) is 5. The van der Waals surface area contributed by atoms with Gasteiger partial charge in [0, 0.05) is 15.7 Å². The molecular weight excluding hydrogens is 551 g/mol. The average Bonchev–Trinajstić information content (AvgIpc) is 3.08. The monoisotopic (exact) mass is 570 g/mol. The first-order valence-electron chi connectivity index (χ1n) is 10.7. The molecule has 0 aromatic heterocycles. The van der Waals surface area contributed by atoms with Gasteiger partial charge >= 0.3 is 0 Å². The summed E-state index contributed by atoms with van der Waals surface area (Å²) < 4.78 is 19.6. The van der Waals surface area contributed by atoms with Crippen molar-refractivity contribution in [3.05, 3.63) is 88.6 Å². The van der Waals surface area contributed by atoms with Crippen LogP contribution in [0.15, 0.2) is 77.3 Å². The molecule has 3 aromatic rings. The molecule has 1 saturated heterocycles. The lowest BCUT2D eigenvalue weighted by molar-refractivity contribution is -0.124. The van der Waals surface area contributed by atoms with Gasteiger partial charge in [0.25, 0.3) is 11.8 Å². The highest BCUT2D eigenvalue weighted by Gasteiger charge is 2.45. The first kappa shape index (κ1) is 25.3. The minimum Gasteiger partial charge on any atom is -0.497 e. The Morgan fingerprint density at radius 2 is 1.81 bits per heavy atom. The normalized spacial score (nSPS) is 15.1. The van der Waals surface area contributed by atoms with Gasteiger partial charge in [-0.25, -0.2) is 9.40 Å². The van der Waals surface area contributed by atoms with Gasteiger partial charge in [-0.3, -0.25) is 24.7 Å². The number of nitrogens with zero attached hydrogens (tertiary/aromatic N) is 2. The zero-order valence-electron chi connectivity index (χ0n) is 18.9. The lowest BCUT2D eigenvalue weighted by Gasteiger charge is -2.24. The molecule has 0 aliphatic carbocycles. The molecule has 3 amide bonds. The molecule has 36 heavy (non-hydrogen) atoms. The van der Waals surface area contributed by atoms with Gasteiger partial charge in [0.2, 0.25) is 11.0 Å². The van der Waals surface area contributed by atoms with E-state index >= 15 is 0 Å². The molecule has 1 heterocycles. The molecule has 0 spiro atoms. The van der Waals surface area contributed by atoms with E-state index in [2.05, 4.69) is 26.7 Å². The molecule has 1 aliphatic heterocycles. The van der Waals surface area contributed by atoms with Crippen LogP contribution in [0.2, 0.25) is 0 Å². The zero-order chi connectivity index (χ0) is 25.8. The highest BCUT2D eigenvalue weighted by Crippen LogP contribution is 2.28. The number of anilines is 2. The van der Waals surface area contributed by atoms with Crippen molar-refractivity contribution in [2.45, 2.75) is 12.5 Å². The molecule has 8 nitrogen and oxygen atoms in total. The highest BCUT2D eigenvalue weighted by molar-refractivity contribution is 9.10. The fourth-order valence-corrected chi connectivity index (χ4v) is 4.39. The molecule has 2 N–H and O–H groups in total. The predicted octanol–water partition coefficient (Wildman–Crippen LogP) is 4.27. The smallest absolute Gasteiger partial charge is 0.269 e. The summed E-state index contributed by atoms with van der Waals surface area (Å²) in [6.45, 7) is 0. The van der Waals surface area contributed by atoms with Crippen LogP contribution in [0.1, 0.15) is 16.8 Å². The largest absolute Gasteiger partial charge is 0.497 e. The second kappa shape index (κ2) is 10.8. The number of carbonyl (C=O) groups is 3. The Morgan fingerprint density at radius 1 is 1.08 bits per heavy atom. The Balaban J connectivity index is 1.61. The lowest BCUT2D eigenvalue weighted by atomic mass is 10.1. The van der Waals surface area contributed by atoms with Crippen molar-refractivity contribution in [1.29, 1.82) is 0 Å². The van der Waals surface area contributed by atoms with E-state index < -0.39 is 29.6 Å². The van der Waals surface area contributed by atoms with E-state index in [1.165, 1.54) is 30.2 Å². The summed E-state index contributed by atoms with van der Waals surface area (Å²) in [7, 11) is 1.52. The Morgan fingerprint density at radius 3 is 2.47 bits per heavy atom. The van der Waals surface area contributed by atoms with Crippen LogP contribution < -0.4 is 20.4 Å². The maximum Gasteiger partial charge on any atom is 0.269 e. The van der Waals surface area contributed by atoms with Crippen molar-refractivity contribution in [1.82, 2.24) is 10.4 Å². The van der Waals surface area contributed by atoms with Gasteiger partial charge in [0.1, 0.15) is 17.6 Å². The van der Waals surface area contributed by atoms with Crippen LogP contribution in [-0.4, -0.2) is 41.0 Å². The molecular formula is C25H20BrFN4O4S. The summed E-state index contributed by atoms with van der Waals surface area (Å²) in [5.74, 6) is -1.66. The van der Waals surface area contributed by atoms with Crippen molar-refractivity contribution < 1.29 is 23.5 Å². The third kappa shape index (κ3) is 5.52. The Hall–Kier alpha value is -3.83. The van der Waals surface area contributed by atoms with Crippen molar-refractivity contribution in [2.24, 2.45) is 0 Å². The van der Waals surface area contributed by atoms with Gasteiger partial charge in [-0.1, -0.05) is 28.1 Å². The van der Waals surface area contributed by atoms with Crippen LogP contribution in [0.3, 0.4) is 0 Å². The maximum absolute atomic E-state index is 13.7. The third-order valence-corrected chi connectivity index (χ3v) is 6.21. The molecule has 1 aliphatic rings. The predicted molar refractivity (Wildman–Crippen MR) is 140 cm³/mol. The van der Waals surface area contributed by atoms with Crippen molar-refractivity contribution in [3.63, 3.8) is 0 Å². The molecule has 0 radical (unpaired) electrons. The minimum atomic E-state index is -1.13. The molecule has 1 unspecified atom stereocenters. The van der Waals surface area contributed by atoms with Gasteiger partial charge in [-0.05, 0) is 72.9 Å². The summed E-state index contributed by atoms with van der Waals surface area (Å²) in [4.78, 5) is 40.4.